The number of hydrogen-bond donors (Lipinski definition) is 2. The summed E-state index contributed by atoms with van der Waals surface area (Å²) in [4.78, 5) is 22.9. The van der Waals surface area contributed by atoms with Crippen molar-refractivity contribution in [2.45, 2.75) is 6.92 Å². The zero-order valence-electron chi connectivity index (χ0n) is 17.0. The van der Waals surface area contributed by atoms with E-state index in [9.17, 15) is 14.4 Å². The summed E-state index contributed by atoms with van der Waals surface area (Å²) >= 11 is 0. The molecule has 4 rings (SSSR count). The maximum absolute atomic E-state index is 13.1. The van der Waals surface area contributed by atoms with Gasteiger partial charge in [0.2, 0.25) is 11.9 Å². The number of hydrazone groups is 1. The Kier molecular flexibility index (Phi) is 5.81. The number of nitriles is 1. The van der Waals surface area contributed by atoms with E-state index in [1.807, 2.05) is 37.3 Å². The minimum atomic E-state index is -0.555. The maximum atomic E-state index is 13.1. The molecule has 2 N–H and O–H groups in total. The van der Waals surface area contributed by atoms with Gasteiger partial charge < -0.3 is 0 Å². The standard InChI is InChI=1S/C24H17FN6O/c1-15-9-16(11-19(10-15)18-7-8-21(25)27-14-18)13-28-31-24-29-22(17-5-3-2-4-6-17)20(12-26)23(32)30-24/h2-11,13-14H,1H3,(H2,29,30,31,32). The first-order valence-electron chi connectivity index (χ1n) is 9.66. The lowest BCUT2D eigenvalue weighted by atomic mass is 10.0. The highest BCUT2D eigenvalue weighted by atomic mass is 19.1. The fourth-order valence-electron chi connectivity index (χ4n) is 3.20. The molecule has 2 aromatic carbocycles. The van der Waals surface area contributed by atoms with Gasteiger partial charge in [0, 0.05) is 17.3 Å². The van der Waals surface area contributed by atoms with Crippen LogP contribution in [0.5, 0.6) is 0 Å². The first-order valence-corrected chi connectivity index (χ1v) is 9.66. The Morgan fingerprint density at radius 1 is 1.09 bits per heavy atom. The lowest BCUT2D eigenvalue weighted by Gasteiger charge is -2.07. The van der Waals surface area contributed by atoms with Crippen molar-refractivity contribution in [1.82, 2.24) is 15.0 Å². The highest BCUT2D eigenvalue weighted by molar-refractivity contribution is 5.83. The SMILES string of the molecule is Cc1cc(C=NNc2nc(-c3ccccc3)c(C#N)c(=O)[nH]2)cc(-c2ccc(F)nc2)c1. The van der Waals surface area contributed by atoms with Crippen LogP contribution in [-0.4, -0.2) is 21.2 Å². The number of rotatable bonds is 5. The van der Waals surface area contributed by atoms with Gasteiger partial charge in [-0.2, -0.15) is 14.8 Å². The van der Waals surface area contributed by atoms with Crippen LogP contribution < -0.4 is 11.0 Å². The molecule has 0 fully saturated rings. The maximum Gasteiger partial charge on any atom is 0.270 e. The van der Waals surface area contributed by atoms with Gasteiger partial charge in [0.05, 0.1) is 11.9 Å². The van der Waals surface area contributed by atoms with Crippen molar-refractivity contribution in [2.75, 3.05) is 5.43 Å². The molecule has 0 saturated heterocycles. The van der Waals surface area contributed by atoms with Crippen LogP contribution in [0.15, 0.2) is 76.8 Å². The van der Waals surface area contributed by atoms with Crippen LogP contribution in [0, 0.1) is 24.2 Å². The third kappa shape index (κ3) is 4.57. The molecule has 0 atom stereocenters. The third-order valence-corrected chi connectivity index (χ3v) is 4.62. The summed E-state index contributed by atoms with van der Waals surface area (Å²) in [6, 6.07) is 19.6. The normalized spacial score (nSPS) is 10.8. The van der Waals surface area contributed by atoms with Crippen LogP contribution in [0.2, 0.25) is 0 Å². The molecule has 0 radical (unpaired) electrons. The van der Waals surface area contributed by atoms with E-state index in [1.165, 1.54) is 12.3 Å². The molecule has 4 aromatic rings. The van der Waals surface area contributed by atoms with Crippen LogP contribution in [0.4, 0.5) is 10.3 Å². The Labute approximate surface area is 182 Å². The molecule has 2 heterocycles. The van der Waals surface area contributed by atoms with Gasteiger partial charge in [0.15, 0.2) is 0 Å². The number of anilines is 1. The Morgan fingerprint density at radius 2 is 1.91 bits per heavy atom. The number of aromatic amines is 1. The molecule has 0 aliphatic heterocycles. The van der Waals surface area contributed by atoms with Crippen molar-refractivity contribution in [1.29, 1.82) is 5.26 Å². The lowest BCUT2D eigenvalue weighted by Crippen LogP contribution is -2.16. The summed E-state index contributed by atoms with van der Waals surface area (Å²) in [6.07, 6.45) is 3.05. The Morgan fingerprint density at radius 3 is 2.62 bits per heavy atom. The first-order chi connectivity index (χ1) is 15.5. The predicted octanol–water partition coefficient (Wildman–Crippen LogP) is 4.26. The number of aryl methyl sites for hydroxylation is 1. The van der Waals surface area contributed by atoms with Crippen molar-refractivity contribution >= 4 is 12.2 Å². The van der Waals surface area contributed by atoms with Crippen molar-refractivity contribution in [3.05, 3.63) is 99.9 Å². The van der Waals surface area contributed by atoms with E-state index in [2.05, 4.69) is 25.5 Å². The molecule has 32 heavy (non-hydrogen) atoms. The zero-order chi connectivity index (χ0) is 22.5. The number of nitrogens with one attached hydrogen (secondary N) is 2. The van der Waals surface area contributed by atoms with Crippen molar-refractivity contribution in [2.24, 2.45) is 5.10 Å². The van der Waals surface area contributed by atoms with Gasteiger partial charge in [-0.1, -0.05) is 42.5 Å². The summed E-state index contributed by atoms with van der Waals surface area (Å²) in [7, 11) is 0. The number of H-pyrrole nitrogens is 1. The van der Waals surface area contributed by atoms with E-state index in [1.54, 1.807) is 36.5 Å². The molecular weight excluding hydrogens is 407 g/mol. The second-order valence-electron chi connectivity index (χ2n) is 6.99. The summed E-state index contributed by atoms with van der Waals surface area (Å²) in [6.45, 7) is 1.94. The Balaban J connectivity index is 1.61. The van der Waals surface area contributed by atoms with Crippen LogP contribution in [0.3, 0.4) is 0 Å². The van der Waals surface area contributed by atoms with Gasteiger partial charge in [0.25, 0.3) is 5.56 Å². The molecule has 0 amide bonds. The number of aromatic nitrogens is 3. The molecular formula is C24H17FN6O. The highest BCUT2D eigenvalue weighted by Crippen LogP contribution is 2.22. The average molecular weight is 424 g/mol. The molecule has 8 heteroatoms. The highest BCUT2D eigenvalue weighted by Gasteiger charge is 2.12. The summed E-state index contributed by atoms with van der Waals surface area (Å²) < 4.78 is 13.1. The van der Waals surface area contributed by atoms with Gasteiger partial charge in [-0.05, 0) is 41.8 Å². The fourth-order valence-corrected chi connectivity index (χ4v) is 3.20. The van der Waals surface area contributed by atoms with E-state index in [0.29, 0.717) is 5.56 Å². The fraction of sp³-hybridized carbons (Fsp3) is 0.0417. The number of halogens is 1. The van der Waals surface area contributed by atoms with E-state index in [-0.39, 0.29) is 17.2 Å². The van der Waals surface area contributed by atoms with Crippen molar-refractivity contribution in [3.8, 4) is 28.5 Å². The summed E-state index contributed by atoms with van der Waals surface area (Å²) in [5, 5.41) is 13.5. The molecule has 0 spiro atoms. The number of hydrogen-bond acceptors (Lipinski definition) is 6. The van der Waals surface area contributed by atoms with Gasteiger partial charge in [-0.25, -0.2) is 15.4 Å². The Hall–Kier alpha value is -4.64. The lowest BCUT2D eigenvalue weighted by molar-refractivity contribution is 0.584. The minimum absolute atomic E-state index is 0.0676. The van der Waals surface area contributed by atoms with E-state index < -0.39 is 11.5 Å². The molecule has 2 aromatic heterocycles. The van der Waals surface area contributed by atoms with Crippen LogP contribution in [0.25, 0.3) is 22.4 Å². The summed E-state index contributed by atoms with van der Waals surface area (Å²) in [5.74, 6) is -0.425. The monoisotopic (exact) mass is 424 g/mol. The minimum Gasteiger partial charge on any atom is -0.290 e. The smallest absolute Gasteiger partial charge is 0.270 e. The van der Waals surface area contributed by atoms with E-state index >= 15 is 0 Å². The first kappa shape index (κ1) is 20.6. The van der Waals surface area contributed by atoms with Crippen LogP contribution >= 0.6 is 0 Å². The molecule has 156 valence electrons. The Bertz CT molecular complexity index is 1390. The largest absolute Gasteiger partial charge is 0.290 e. The van der Waals surface area contributed by atoms with Crippen molar-refractivity contribution in [3.63, 3.8) is 0 Å². The van der Waals surface area contributed by atoms with Crippen LogP contribution in [0.1, 0.15) is 16.7 Å². The molecule has 0 aliphatic rings. The number of benzene rings is 2. The van der Waals surface area contributed by atoms with Crippen LogP contribution in [-0.2, 0) is 0 Å². The third-order valence-electron chi connectivity index (χ3n) is 4.62. The molecule has 0 unspecified atom stereocenters. The predicted molar refractivity (Wildman–Crippen MR) is 121 cm³/mol. The number of nitrogens with zero attached hydrogens (tertiary/aromatic N) is 4. The quantitative estimate of drug-likeness (QED) is 0.283. The van der Waals surface area contributed by atoms with E-state index in [0.717, 1.165) is 22.3 Å². The molecule has 7 nitrogen and oxygen atoms in total. The van der Waals surface area contributed by atoms with Gasteiger partial charge in [-0.15, -0.1) is 0 Å². The average Bonchev–Trinajstić information content (AvgIpc) is 2.79. The second-order valence-corrected chi connectivity index (χ2v) is 6.99. The summed E-state index contributed by atoms with van der Waals surface area (Å²) in [5.41, 5.74) is 6.45. The molecule has 0 aliphatic carbocycles. The zero-order valence-corrected chi connectivity index (χ0v) is 17.0. The van der Waals surface area contributed by atoms with Crippen molar-refractivity contribution < 1.29 is 4.39 Å². The topological polar surface area (TPSA) is 107 Å². The van der Waals surface area contributed by atoms with E-state index in [4.69, 9.17) is 0 Å². The van der Waals surface area contributed by atoms with Gasteiger partial charge >= 0.3 is 0 Å². The molecule has 0 saturated carbocycles. The molecule has 0 bridgehead atoms. The second kappa shape index (κ2) is 9.02. The van der Waals surface area contributed by atoms with Gasteiger partial charge in [-0.3, -0.25) is 9.78 Å². The number of pyridine rings is 1. The van der Waals surface area contributed by atoms with Gasteiger partial charge in [0.1, 0.15) is 11.6 Å².